The van der Waals surface area contributed by atoms with Crippen LogP contribution >= 0.6 is 0 Å². The van der Waals surface area contributed by atoms with E-state index in [1.165, 1.54) is 43.7 Å². The van der Waals surface area contributed by atoms with E-state index < -0.39 is 0 Å². The molecule has 2 aliphatic heterocycles. The van der Waals surface area contributed by atoms with E-state index in [2.05, 4.69) is 34.5 Å². The fourth-order valence-electron chi connectivity index (χ4n) is 2.55. The monoisotopic (exact) mass is 232 g/mol. The molecule has 0 atom stereocenters. The third-order valence-electron chi connectivity index (χ3n) is 3.60. The van der Waals surface area contributed by atoms with Crippen molar-refractivity contribution in [2.75, 3.05) is 36.5 Å². The molecule has 0 saturated carbocycles. The topological polar surface area (TPSA) is 24.5 Å². The molecule has 1 aromatic rings. The molecule has 1 aromatic carbocycles. The van der Waals surface area contributed by atoms with Crippen molar-refractivity contribution >= 4 is 11.4 Å². The molecule has 3 heteroatoms. The molecular formula is C14H20N2O. The van der Waals surface area contributed by atoms with Crippen LogP contribution in [0.4, 0.5) is 11.4 Å². The number of benzene rings is 1. The summed E-state index contributed by atoms with van der Waals surface area (Å²) in [5, 5.41) is 3.58. The summed E-state index contributed by atoms with van der Waals surface area (Å²) in [6.45, 7) is 4.07. The van der Waals surface area contributed by atoms with Crippen LogP contribution in [0.2, 0.25) is 0 Å². The van der Waals surface area contributed by atoms with Gasteiger partial charge in [-0.3, -0.25) is 0 Å². The first-order chi connectivity index (χ1) is 8.43. The maximum atomic E-state index is 5.22. The summed E-state index contributed by atoms with van der Waals surface area (Å²) in [5.41, 5.74) is 2.63. The predicted molar refractivity (Wildman–Crippen MR) is 70.7 cm³/mol. The summed E-state index contributed by atoms with van der Waals surface area (Å²) in [7, 11) is 0. The van der Waals surface area contributed by atoms with Gasteiger partial charge in [-0.2, -0.15) is 0 Å². The molecule has 0 aromatic heterocycles. The van der Waals surface area contributed by atoms with Crippen LogP contribution in [0, 0.1) is 0 Å². The lowest BCUT2D eigenvalue weighted by molar-refractivity contribution is 0.0211. The molecule has 2 aliphatic rings. The Labute approximate surface area is 103 Å². The van der Waals surface area contributed by atoms with Gasteiger partial charge in [-0.1, -0.05) is 12.1 Å². The van der Waals surface area contributed by atoms with Gasteiger partial charge in [-0.15, -0.1) is 0 Å². The van der Waals surface area contributed by atoms with Crippen molar-refractivity contribution in [1.82, 2.24) is 0 Å². The second-order valence-corrected chi connectivity index (χ2v) is 4.94. The fourth-order valence-corrected chi connectivity index (χ4v) is 2.55. The quantitative estimate of drug-likeness (QED) is 0.866. The number of ether oxygens (including phenoxy) is 1. The number of anilines is 2. The average molecular weight is 232 g/mol. The van der Waals surface area contributed by atoms with Gasteiger partial charge in [0, 0.05) is 13.1 Å². The van der Waals surface area contributed by atoms with Gasteiger partial charge in [0.15, 0.2) is 0 Å². The largest absolute Gasteiger partial charge is 0.377 e. The number of hydrogen-bond acceptors (Lipinski definition) is 3. The van der Waals surface area contributed by atoms with Crippen molar-refractivity contribution < 1.29 is 4.74 Å². The van der Waals surface area contributed by atoms with Gasteiger partial charge >= 0.3 is 0 Å². The molecular weight excluding hydrogens is 212 g/mol. The van der Waals surface area contributed by atoms with Crippen LogP contribution in [0.3, 0.4) is 0 Å². The first-order valence-corrected chi connectivity index (χ1v) is 6.62. The van der Waals surface area contributed by atoms with Crippen molar-refractivity contribution in [3.8, 4) is 0 Å². The zero-order valence-corrected chi connectivity index (χ0v) is 10.2. The molecule has 0 bridgehead atoms. The van der Waals surface area contributed by atoms with Crippen LogP contribution in [-0.4, -0.2) is 32.3 Å². The third kappa shape index (κ3) is 2.39. The Kier molecular flexibility index (Phi) is 3.18. The van der Waals surface area contributed by atoms with Gasteiger partial charge in [0.05, 0.1) is 30.6 Å². The highest BCUT2D eigenvalue weighted by Gasteiger charge is 2.20. The van der Waals surface area contributed by atoms with E-state index in [1.807, 2.05) is 0 Å². The zero-order chi connectivity index (χ0) is 11.5. The van der Waals surface area contributed by atoms with Crippen molar-refractivity contribution in [2.24, 2.45) is 0 Å². The number of para-hydroxylation sites is 2. The Morgan fingerprint density at radius 3 is 2.53 bits per heavy atom. The molecule has 2 saturated heterocycles. The Morgan fingerprint density at radius 2 is 1.82 bits per heavy atom. The van der Waals surface area contributed by atoms with Crippen LogP contribution < -0.4 is 10.2 Å². The SMILES string of the molecule is c1ccc(N2CCCCC2)c(NC2COC2)c1. The lowest BCUT2D eigenvalue weighted by Crippen LogP contribution is -2.41. The van der Waals surface area contributed by atoms with Gasteiger partial charge < -0.3 is 15.0 Å². The Morgan fingerprint density at radius 1 is 1.06 bits per heavy atom. The number of piperidine rings is 1. The lowest BCUT2D eigenvalue weighted by Gasteiger charge is -2.33. The Balaban J connectivity index is 1.76. The highest BCUT2D eigenvalue weighted by Crippen LogP contribution is 2.29. The molecule has 92 valence electrons. The Bertz CT molecular complexity index is 370. The molecule has 17 heavy (non-hydrogen) atoms. The van der Waals surface area contributed by atoms with Crippen LogP contribution in [0.1, 0.15) is 19.3 Å². The van der Waals surface area contributed by atoms with Crippen molar-refractivity contribution in [2.45, 2.75) is 25.3 Å². The molecule has 0 spiro atoms. The van der Waals surface area contributed by atoms with Gasteiger partial charge in [-0.05, 0) is 31.4 Å². The first kappa shape index (κ1) is 10.9. The van der Waals surface area contributed by atoms with Crippen molar-refractivity contribution in [3.05, 3.63) is 24.3 Å². The van der Waals surface area contributed by atoms with E-state index in [9.17, 15) is 0 Å². The van der Waals surface area contributed by atoms with Crippen molar-refractivity contribution in [1.29, 1.82) is 0 Å². The normalized spacial score (nSPS) is 21.1. The van der Waals surface area contributed by atoms with Crippen LogP contribution in [0.5, 0.6) is 0 Å². The van der Waals surface area contributed by atoms with E-state index in [4.69, 9.17) is 4.74 Å². The third-order valence-corrected chi connectivity index (χ3v) is 3.60. The minimum absolute atomic E-state index is 0.501. The van der Waals surface area contributed by atoms with E-state index in [0.717, 1.165) is 13.2 Å². The van der Waals surface area contributed by atoms with Gasteiger partial charge in [0.1, 0.15) is 0 Å². The summed E-state index contributed by atoms with van der Waals surface area (Å²) in [4.78, 5) is 2.51. The number of nitrogens with one attached hydrogen (secondary N) is 1. The smallest absolute Gasteiger partial charge is 0.0729 e. The van der Waals surface area contributed by atoms with Crippen LogP contribution in [0.25, 0.3) is 0 Å². The molecule has 2 heterocycles. The maximum Gasteiger partial charge on any atom is 0.0729 e. The lowest BCUT2D eigenvalue weighted by atomic mass is 10.1. The molecule has 0 amide bonds. The molecule has 2 fully saturated rings. The molecule has 1 N–H and O–H groups in total. The first-order valence-electron chi connectivity index (χ1n) is 6.62. The molecule has 3 nitrogen and oxygen atoms in total. The summed E-state index contributed by atoms with van der Waals surface area (Å²) in [5.74, 6) is 0. The predicted octanol–water partition coefficient (Wildman–Crippen LogP) is 2.49. The Hall–Kier alpha value is -1.22. The second kappa shape index (κ2) is 4.96. The minimum atomic E-state index is 0.501. The van der Waals surface area contributed by atoms with Gasteiger partial charge in [0.25, 0.3) is 0 Å². The summed E-state index contributed by atoms with van der Waals surface area (Å²) < 4.78 is 5.22. The second-order valence-electron chi connectivity index (χ2n) is 4.94. The van der Waals surface area contributed by atoms with E-state index in [1.54, 1.807) is 0 Å². The average Bonchev–Trinajstić information content (AvgIpc) is 2.35. The maximum absolute atomic E-state index is 5.22. The number of rotatable bonds is 3. The molecule has 0 radical (unpaired) electrons. The van der Waals surface area contributed by atoms with Gasteiger partial charge in [0.2, 0.25) is 0 Å². The highest BCUT2D eigenvalue weighted by atomic mass is 16.5. The minimum Gasteiger partial charge on any atom is -0.377 e. The van der Waals surface area contributed by atoms with E-state index >= 15 is 0 Å². The summed E-state index contributed by atoms with van der Waals surface area (Å²) in [6, 6.07) is 9.15. The van der Waals surface area contributed by atoms with E-state index in [0.29, 0.717) is 6.04 Å². The van der Waals surface area contributed by atoms with E-state index in [-0.39, 0.29) is 0 Å². The zero-order valence-electron chi connectivity index (χ0n) is 10.2. The summed E-state index contributed by atoms with van der Waals surface area (Å²) in [6.07, 6.45) is 4.02. The number of nitrogens with zero attached hydrogens (tertiary/aromatic N) is 1. The molecule has 3 rings (SSSR count). The highest BCUT2D eigenvalue weighted by molar-refractivity contribution is 5.70. The number of hydrogen-bond donors (Lipinski definition) is 1. The standard InChI is InChI=1S/C14H20N2O/c1-4-8-16(9-5-1)14-7-3-2-6-13(14)15-12-10-17-11-12/h2-3,6-7,12,15H,1,4-5,8-11H2. The molecule has 0 unspecified atom stereocenters. The van der Waals surface area contributed by atoms with Crippen molar-refractivity contribution in [3.63, 3.8) is 0 Å². The molecule has 0 aliphatic carbocycles. The van der Waals surface area contributed by atoms with Crippen LogP contribution in [-0.2, 0) is 4.74 Å². The fraction of sp³-hybridized carbons (Fsp3) is 0.571. The van der Waals surface area contributed by atoms with Gasteiger partial charge in [-0.25, -0.2) is 0 Å². The summed E-state index contributed by atoms with van der Waals surface area (Å²) >= 11 is 0. The van der Waals surface area contributed by atoms with Crippen LogP contribution in [0.15, 0.2) is 24.3 Å².